The first kappa shape index (κ1) is 17.8. The summed E-state index contributed by atoms with van der Waals surface area (Å²) >= 11 is 0. The number of nitrogens with one attached hydrogen (secondary N) is 1. The quantitative estimate of drug-likeness (QED) is 0.822. The summed E-state index contributed by atoms with van der Waals surface area (Å²) in [6, 6.07) is 5.37. The van der Waals surface area contributed by atoms with E-state index in [0.717, 1.165) is 52.0 Å². The molecule has 2 fully saturated rings. The number of carbonyl (C=O) groups is 2. The minimum atomic E-state index is -0.630. The van der Waals surface area contributed by atoms with Crippen molar-refractivity contribution in [1.82, 2.24) is 15.2 Å². The number of pyridine rings is 1. The zero-order valence-corrected chi connectivity index (χ0v) is 14.4. The highest BCUT2D eigenvalue weighted by molar-refractivity contribution is 5.95. The minimum Gasteiger partial charge on any atom is -0.381 e. The molecule has 0 atom stereocenters. The van der Waals surface area contributed by atoms with Crippen LogP contribution < -0.4 is 11.1 Å². The third kappa shape index (κ3) is 4.76. The molecular formula is C18H26N4O3. The summed E-state index contributed by atoms with van der Waals surface area (Å²) in [5, 5.41) is 2.94. The van der Waals surface area contributed by atoms with Crippen LogP contribution in [0.4, 0.5) is 0 Å². The van der Waals surface area contributed by atoms with Gasteiger partial charge >= 0.3 is 0 Å². The molecule has 0 spiro atoms. The number of primary amides is 1. The van der Waals surface area contributed by atoms with E-state index < -0.39 is 5.91 Å². The predicted molar refractivity (Wildman–Crippen MR) is 93.2 cm³/mol. The van der Waals surface area contributed by atoms with E-state index in [1.807, 2.05) is 0 Å². The van der Waals surface area contributed by atoms with Gasteiger partial charge in [0.05, 0.1) is 0 Å². The van der Waals surface area contributed by atoms with Gasteiger partial charge in [0, 0.05) is 25.8 Å². The molecule has 7 heteroatoms. The summed E-state index contributed by atoms with van der Waals surface area (Å²) in [5.74, 6) is -0.399. The van der Waals surface area contributed by atoms with Crippen LogP contribution in [-0.4, -0.2) is 60.6 Å². The van der Waals surface area contributed by atoms with Crippen molar-refractivity contribution in [2.45, 2.75) is 31.7 Å². The largest absolute Gasteiger partial charge is 0.381 e. The van der Waals surface area contributed by atoms with Crippen molar-refractivity contribution in [3.8, 4) is 0 Å². The lowest BCUT2D eigenvalue weighted by molar-refractivity contribution is 0.0211. The van der Waals surface area contributed by atoms with Gasteiger partial charge in [-0.3, -0.25) is 9.59 Å². The lowest BCUT2D eigenvalue weighted by Gasteiger charge is -2.39. The van der Waals surface area contributed by atoms with Crippen molar-refractivity contribution in [3.63, 3.8) is 0 Å². The van der Waals surface area contributed by atoms with Crippen LogP contribution in [0.1, 0.15) is 46.7 Å². The molecule has 0 bridgehead atoms. The topological polar surface area (TPSA) is 97.5 Å². The fourth-order valence-corrected chi connectivity index (χ4v) is 3.60. The Hall–Kier alpha value is -1.99. The maximum atomic E-state index is 12.2. The molecule has 3 heterocycles. The Labute approximate surface area is 147 Å². The lowest BCUT2D eigenvalue weighted by atomic mass is 9.94. The molecule has 2 saturated heterocycles. The van der Waals surface area contributed by atoms with Crippen molar-refractivity contribution in [3.05, 3.63) is 29.6 Å². The number of hydrogen-bond donors (Lipinski definition) is 2. The highest BCUT2D eigenvalue weighted by Gasteiger charge is 2.26. The molecule has 7 nitrogen and oxygen atoms in total. The molecule has 0 saturated carbocycles. The Morgan fingerprint density at radius 2 is 1.84 bits per heavy atom. The number of rotatable bonds is 5. The van der Waals surface area contributed by atoms with Crippen LogP contribution in [0.3, 0.4) is 0 Å². The van der Waals surface area contributed by atoms with Crippen LogP contribution in [0.25, 0.3) is 0 Å². The molecule has 136 valence electrons. The SMILES string of the molecule is NC(=O)c1cccc(C(=O)NCC2CCN(C3CCOCC3)CC2)n1. The second-order valence-electron chi connectivity index (χ2n) is 6.81. The lowest BCUT2D eigenvalue weighted by Crippen LogP contribution is -2.45. The smallest absolute Gasteiger partial charge is 0.269 e. The maximum Gasteiger partial charge on any atom is 0.269 e. The second kappa shape index (κ2) is 8.40. The average Bonchev–Trinajstić information content (AvgIpc) is 2.67. The first-order valence-electron chi connectivity index (χ1n) is 9.00. The Morgan fingerprint density at radius 3 is 2.52 bits per heavy atom. The van der Waals surface area contributed by atoms with Crippen LogP contribution in [0.2, 0.25) is 0 Å². The van der Waals surface area contributed by atoms with E-state index in [4.69, 9.17) is 10.5 Å². The van der Waals surface area contributed by atoms with Crippen molar-refractivity contribution in [2.75, 3.05) is 32.8 Å². The van der Waals surface area contributed by atoms with Gasteiger partial charge in [-0.05, 0) is 56.8 Å². The van der Waals surface area contributed by atoms with Gasteiger partial charge in [0.15, 0.2) is 0 Å². The van der Waals surface area contributed by atoms with Crippen molar-refractivity contribution >= 4 is 11.8 Å². The minimum absolute atomic E-state index is 0.109. The number of ether oxygens (including phenoxy) is 1. The summed E-state index contributed by atoms with van der Waals surface area (Å²) in [6.07, 6.45) is 4.44. The van der Waals surface area contributed by atoms with Gasteiger partial charge in [-0.1, -0.05) is 6.07 Å². The van der Waals surface area contributed by atoms with E-state index in [2.05, 4.69) is 15.2 Å². The molecule has 2 amide bonds. The van der Waals surface area contributed by atoms with E-state index in [-0.39, 0.29) is 17.3 Å². The molecular weight excluding hydrogens is 320 g/mol. The Morgan fingerprint density at radius 1 is 1.16 bits per heavy atom. The Kier molecular flexibility index (Phi) is 5.99. The fourth-order valence-electron chi connectivity index (χ4n) is 3.60. The van der Waals surface area contributed by atoms with E-state index in [9.17, 15) is 9.59 Å². The Balaban J connectivity index is 1.44. The number of carbonyl (C=O) groups excluding carboxylic acids is 2. The number of likely N-dealkylation sites (tertiary alicyclic amines) is 1. The van der Waals surface area contributed by atoms with Gasteiger partial charge in [0.2, 0.25) is 0 Å². The number of hydrogen-bond acceptors (Lipinski definition) is 5. The first-order valence-corrected chi connectivity index (χ1v) is 9.00. The Bertz CT molecular complexity index is 608. The van der Waals surface area contributed by atoms with Gasteiger partial charge in [0.25, 0.3) is 11.8 Å². The fraction of sp³-hybridized carbons (Fsp3) is 0.611. The molecule has 0 radical (unpaired) electrons. The number of aromatic nitrogens is 1. The average molecular weight is 346 g/mol. The second-order valence-corrected chi connectivity index (χ2v) is 6.81. The van der Waals surface area contributed by atoms with E-state index >= 15 is 0 Å². The summed E-state index contributed by atoms with van der Waals surface area (Å²) in [7, 11) is 0. The van der Waals surface area contributed by atoms with Crippen LogP contribution in [0, 0.1) is 5.92 Å². The molecule has 0 aromatic carbocycles. The van der Waals surface area contributed by atoms with E-state index in [1.54, 1.807) is 12.1 Å². The number of nitrogens with zero attached hydrogens (tertiary/aromatic N) is 2. The molecule has 1 aromatic rings. The van der Waals surface area contributed by atoms with Crippen molar-refractivity contribution in [2.24, 2.45) is 11.7 Å². The van der Waals surface area contributed by atoms with E-state index in [1.165, 1.54) is 6.07 Å². The number of nitrogens with two attached hydrogens (primary N) is 1. The summed E-state index contributed by atoms with van der Waals surface area (Å²) in [6.45, 7) is 4.56. The zero-order valence-electron chi connectivity index (χ0n) is 14.4. The number of amides is 2. The molecule has 2 aliphatic heterocycles. The van der Waals surface area contributed by atoms with Gasteiger partial charge in [-0.15, -0.1) is 0 Å². The van der Waals surface area contributed by atoms with E-state index in [0.29, 0.717) is 18.5 Å². The summed E-state index contributed by atoms with van der Waals surface area (Å²) < 4.78 is 5.43. The van der Waals surface area contributed by atoms with Crippen LogP contribution in [0.15, 0.2) is 18.2 Å². The monoisotopic (exact) mass is 346 g/mol. The molecule has 3 N–H and O–H groups in total. The van der Waals surface area contributed by atoms with Gasteiger partial charge in [-0.25, -0.2) is 4.98 Å². The number of piperidine rings is 1. The first-order chi connectivity index (χ1) is 12.1. The van der Waals surface area contributed by atoms with Crippen molar-refractivity contribution in [1.29, 1.82) is 0 Å². The molecule has 25 heavy (non-hydrogen) atoms. The van der Waals surface area contributed by atoms with Crippen LogP contribution in [-0.2, 0) is 4.74 Å². The third-order valence-electron chi connectivity index (χ3n) is 5.14. The summed E-state index contributed by atoms with van der Waals surface area (Å²) in [4.78, 5) is 30.0. The molecule has 0 unspecified atom stereocenters. The van der Waals surface area contributed by atoms with Gasteiger partial charge in [-0.2, -0.15) is 0 Å². The van der Waals surface area contributed by atoms with Crippen LogP contribution in [0.5, 0.6) is 0 Å². The maximum absolute atomic E-state index is 12.2. The zero-order chi connectivity index (χ0) is 17.6. The third-order valence-corrected chi connectivity index (χ3v) is 5.14. The normalized spacial score (nSPS) is 20.3. The van der Waals surface area contributed by atoms with Gasteiger partial charge < -0.3 is 20.7 Å². The molecule has 1 aromatic heterocycles. The molecule has 3 rings (SSSR count). The van der Waals surface area contributed by atoms with Crippen LogP contribution >= 0.6 is 0 Å². The highest BCUT2D eigenvalue weighted by atomic mass is 16.5. The summed E-state index contributed by atoms with van der Waals surface area (Å²) in [5.41, 5.74) is 5.54. The highest BCUT2D eigenvalue weighted by Crippen LogP contribution is 2.22. The van der Waals surface area contributed by atoms with Crippen molar-refractivity contribution < 1.29 is 14.3 Å². The molecule has 0 aliphatic carbocycles. The molecule has 2 aliphatic rings. The van der Waals surface area contributed by atoms with Gasteiger partial charge in [0.1, 0.15) is 11.4 Å². The predicted octanol–water partition coefficient (Wildman–Crippen LogP) is 0.801. The standard InChI is InChI=1S/C18H26N4O3/c19-17(23)15-2-1-3-16(21-15)18(24)20-12-13-4-8-22(9-5-13)14-6-10-25-11-7-14/h1-3,13-14H,4-12H2,(H2,19,23)(H,20,24).